The molecule has 0 aliphatic heterocycles. The first-order chi connectivity index (χ1) is 15.4. The molecule has 0 bridgehead atoms. The van der Waals surface area contributed by atoms with Gasteiger partial charge in [-0.25, -0.2) is 9.97 Å². The van der Waals surface area contributed by atoms with E-state index in [0.29, 0.717) is 31.4 Å². The summed E-state index contributed by atoms with van der Waals surface area (Å²) in [5, 5.41) is 7.67. The van der Waals surface area contributed by atoms with Crippen LogP contribution < -0.4 is 10.6 Å². The molecule has 32 heavy (non-hydrogen) atoms. The predicted octanol–water partition coefficient (Wildman–Crippen LogP) is 6.72. The van der Waals surface area contributed by atoms with Crippen LogP contribution in [-0.2, 0) is 0 Å². The van der Waals surface area contributed by atoms with E-state index in [1.54, 1.807) is 54.6 Å². The molecule has 0 saturated carbocycles. The summed E-state index contributed by atoms with van der Waals surface area (Å²) in [6, 6.07) is 17.1. The lowest BCUT2D eigenvalue weighted by molar-refractivity contribution is 0.102. The maximum atomic E-state index is 12.7. The van der Waals surface area contributed by atoms with Crippen LogP contribution in [-0.4, -0.2) is 21.8 Å². The first-order valence-electron chi connectivity index (χ1n) is 9.29. The van der Waals surface area contributed by atoms with Crippen molar-refractivity contribution in [1.82, 2.24) is 9.97 Å². The number of thiazole rings is 2. The summed E-state index contributed by atoms with van der Waals surface area (Å²) in [6.07, 6.45) is 0. The van der Waals surface area contributed by atoms with Crippen molar-refractivity contribution in [2.24, 2.45) is 0 Å². The highest BCUT2D eigenvalue weighted by atomic mass is 35.5. The Balaban J connectivity index is 1.33. The maximum Gasteiger partial charge on any atom is 0.257 e. The van der Waals surface area contributed by atoms with Gasteiger partial charge >= 0.3 is 0 Å². The van der Waals surface area contributed by atoms with Gasteiger partial charge in [0.2, 0.25) is 0 Å². The molecule has 0 spiro atoms. The highest BCUT2D eigenvalue weighted by Crippen LogP contribution is 2.30. The predicted molar refractivity (Wildman–Crippen MR) is 132 cm³/mol. The van der Waals surface area contributed by atoms with Crippen LogP contribution in [0.5, 0.6) is 0 Å². The highest BCUT2D eigenvalue weighted by molar-refractivity contribution is 7.22. The van der Waals surface area contributed by atoms with E-state index in [4.69, 9.17) is 23.2 Å². The van der Waals surface area contributed by atoms with Crippen molar-refractivity contribution < 1.29 is 9.59 Å². The number of carbonyl (C=O) groups is 2. The average Bonchev–Trinajstić information content (AvgIpc) is 3.35. The van der Waals surface area contributed by atoms with E-state index in [9.17, 15) is 9.59 Å². The quantitative estimate of drug-likeness (QED) is 0.288. The van der Waals surface area contributed by atoms with E-state index in [1.807, 2.05) is 0 Å². The molecule has 5 rings (SSSR count). The fourth-order valence-corrected chi connectivity index (χ4v) is 5.32. The molecule has 5 aromatic rings. The molecule has 2 amide bonds. The van der Waals surface area contributed by atoms with Gasteiger partial charge < -0.3 is 0 Å². The molecule has 0 aliphatic rings. The van der Waals surface area contributed by atoms with E-state index in [-0.39, 0.29) is 11.8 Å². The van der Waals surface area contributed by atoms with Gasteiger partial charge in [-0.15, -0.1) is 0 Å². The zero-order valence-electron chi connectivity index (χ0n) is 16.1. The fourth-order valence-electron chi connectivity index (χ4n) is 3.04. The molecule has 6 nitrogen and oxygen atoms in total. The molecule has 0 radical (unpaired) electrons. The van der Waals surface area contributed by atoms with Gasteiger partial charge in [-0.05, 0) is 54.6 Å². The summed E-state index contributed by atoms with van der Waals surface area (Å²) in [4.78, 5) is 34.2. The third kappa shape index (κ3) is 4.31. The summed E-state index contributed by atoms with van der Waals surface area (Å²) in [5.41, 5.74) is 2.18. The second-order valence-corrected chi connectivity index (χ2v) is 9.69. The normalized spacial score (nSPS) is 11.1. The number of anilines is 2. The van der Waals surface area contributed by atoms with Crippen LogP contribution in [0.2, 0.25) is 10.0 Å². The molecular formula is C22H12Cl2N4O2S2. The van der Waals surface area contributed by atoms with E-state index in [1.165, 1.54) is 28.7 Å². The van der Waals surface area contributed by atoms with Gasteiger partial charge in [0.05, 0.1) is 20.4 Å². The number of hydrogen-bond acceptors (Lipinski definition) is 6. The summed E-state index contributed by atoms with van der Waals surface area (Å²) >= 11 is 14.7. The summed E-state index contributed by atoms with van der Waals surface area (Å²) in [5.74, 6) is -0.723. The van der Waals surface area contributed by atoms with Crippen molar-refractivity contribution in [1.29, 1.82) is 0 Å². The lowest BCUT2D eigenvalue weighted by Gasteiger charge is -2.05. The second-order valence-electron chi connectivity index (χ2n) is 6.75. The first-order valence-corrected chi connectivity index (χ1v) is 11.7. The maximum absolute atomic E-state index is 12.7. The van der Waals surface area contributed by atoms with E-state index < -0.39 is 0 Å². The monoisotopic (exact) mass is 498 g/mol. The summed E-state index contributed by atoms with van der Waals surface area (Å²) in [6.45, 7) is 0. The van der Waals surface area contributed by atoms with Gasteiger partial charge in [-0.3, -0.25) is 20.2 Å². The standard InChI is InChI=1S/C22H12Cl2N4O2S2/c23-13-4-6-15-17(9-13)31-21(25-15)27-19(29)11-2-1-3-12(8-11)20(30)28-22-26-16-7-5-14(24)10-18(16)32-22/h1-10H,(H,25,27,29)(H,26,28,30). The SMILES string of the molecule is O=C(Nc1nc2ccc(Cl)cc2s1)c1cccc(C(=O)Nc2nc3ccc(Cl)cc3s2)c1. The Hall–Kier alpha value is -3.04. The molecule has 0 fully saturated rings. The minimum Gasteiger partial charge on any atom is -0.298 e. The van der Waals surface area contributed by atoms with Gasteiger partial charge in [0.25, 0.3) is 11.8 Å². The molecule has 158 valence electrons. The number of aromatic nitrogens is 2. The lowest BCUT2D eigenvalue weighted by atomic mass is 10.1. The number of nitrogens with one attached hydrogen (secondary N) is 2. The molecule has 0 atom stereocenters. The lowest BCUT2D eigenvalue weighted by Crippen LogP contribution is -2.15. The third-order valence-electron chi connectivity index (χ3n) is 4.53. The molecule has 2 heterocycles. The fraction of sp³-hybridized carbons (Fsp3) is 0. The Morgan fingerprint density at radius 1 is 0.688 bits per heavy atom. The van der Waals surface area contributed by atoms with Crippen LogP contribution >= 0.6 is 45.9 Å². The van der Waals surface area contributed by atoms with Crippen molar-refractivity contribution in [2.45, 2.75) is 0 Å². The largest absolute Gasteiger partial charge is 0.298 e. The summed E-state index contributed by atoms with van der Waals surface area (Å²) < 4.78 is 1.75. The molecule has 10 heteroatoms. The molecule has 2 N–H and O–H groups in total. The van der Waals surface area contributed by atoms with Gasteiger partial charge in [-0.1, -0.05) is 51.9 Å². The van der Waals surface area contributed by atoms with Crippen molar-refractivity contribution in [3.8, 4) is 0 Å². The van der Waals surface area contributed by atoms with Crippen LogP contribution in [0.4, 0.5) is 10.3 Å². The van der Waals surface area contributed by atoms with Crippen LogP contribution in [0.3, 0.4) is 0 Å². The van der Waals surface area contributed by atoms with E-state index in [2.05, 4.69) is 20.6 Å². The molecule has 0 unspecified atom stereocenters. The van der Waals surface area contributed by atoms with Crippen molar-refractivity contribution in [3.05, 3.63) is 81.8 Å². The number of rotatable bonds is 4. The van der Waals surface area contributed by atoms with Crippen molar-refractivity contribution >= 4 is 88.4 Å². The molecule has 0 aliphatic carbocycles. The number of halogens is 2. The number of carbonyl (C=O) groups excluding carboxylic acids is 2. The Morgan fingerprint density at radius 2 is 1.16 bits per heavy atom. The Bertz CT molecular complexity index is 1400. The first kappa shape index (κ1) is 20.8. The smallest absolute Gasteiger partial charge is 0.257 e. The topological polar surface area (TPSA) is 84.0 Å². The van der Waals surface area contributed by atoms with Gasteiger partial charge in [-0.2, -0.15) is 0 Å². The Kier molecular flexibility index (Phi) is 5.52. The molecule has 2 aromatic heterocycles. The van der Waals surface area contributed by atoms with E-state index >= 15 is 0 Å². The van der Waals surface area contributed by atoms with Crippen molar-refractivity contribution in [3.63, 3.8) is 0 Å². The number of benzene rings is 3. The summed E-state index contributed by atoms with van der Waals surface area (Å²) in [7, 11) is 0. The minimum absolute atomic E-state index is 0.339. The second kappa shape index (κ2) is 8.48. The Labute approximate surface area is 199 Å². The van der Waals surface area contributed by atoms with Gasteiger partial charge in [0.1, 0.15) is 0 Å². The average molecular weight is 499 g/mol. The van der Waals surface area contributed by atoms with Gasteiger partial charge in [0.15, 0.2) is 10.3 Å². The molecular weight excluding hydrogens is 487 g/mol. The number of hydrogen-bond donors (Lipinski definition) is 2. The van der Waals surface area contributed by atoms with Crippen LogP contribution in [0.25, 0.3) is 20.4 Å². The minimum atomic E-state index is -0.362. The molecule has 0 saturated heterocycles. The van der Waals surface area contributed by atoms with Gasteiger partial charge in [0, 0.05) is 21.2 Å². The highest BCUT2D eigenvalue weighted by Gasteiger charge is 2.15. The van der Waals surface area contributed by atoms with Crippen LogP contribution in [0.15, 0.2) is 60.7 Å². The number of nitrogens with zero attached hydrogens (tertiary/aromatic N) is 2. The van der Waals surface area contributed by atoms with Crippen molar-refractivity contribution in [2.75, 3.05) is 10.6 Å². The van der Waals surface area contributed by atoms with Crippen LogP contribution in [0, 0.1) is 0 Å². The number of amides is 2. The third-order valence-corrected chi connectivity index (χ3v) is 6.87. The zero-order valence-corrected chi connectivity index (χ0v) is 19.2. The Morgan fingerprint density at radius 3 is 1.62 bits per heavy atom. The molecule has 3 aromatic carbocycles. The zero-order chi connectivity index (χ0) is 22.2. The van der Waals surface area contributed by atoms with Crippen LogP contribution in [0.1, 0.15) is 20.7 Å². The van der Waals surface area contributed by atoms with E-state index in [0.717, 1.165) is 20.4 Å². The number of fused-ring (bicyclic) bond motifs is 2.